The molecule has 0 fully saturated rings. The van der Waals surface area contributed by atoms with Crippen LogP contribution in [0.1, 0.15) is 37.9 Å². The molecule has 0 amide bonds. The number of nitro benzene ring substituents is 1. The number of benzene rings is 1. The standard InChI is InChI=1S/C15H25N3O2/c1-11-7-8-13(9-14(11)18(19)20)12(2)16-10-15(3,4)17(5)6/h7-9,12,16H,10H2,1-6H3. The summed E-state index contributed by atoms with van der Waals surface area (Å²) in [7, 11) is 4.09. The van der Waals surface area contributed by atoms with E-state index >= 15 is 0 Å². The molecule has 5 nitrogen and oxygen atoms in total. The molecule has 20 heavy (non-hydrogen) atoms. The van der Waals surface area contributed by atoms with Gasteiger partial charge in [0.2, 0.25) is 0 Å². The highest BCUT2D eigenvalue weighted by Crippen LogP contribution is 2.23. The van der Waals surface area contributed by atoms with E-state index in [1.54, 1.807) is 13.0 Å². The van der Waals surface area contributed by atoms with Crippen LogP contribution in [-0.4, -0.2) is 36.0 Å². The minimum atomic E-state index is -0.324. The molecule has 0 radical (unpaired) electrons. The van der Waals surface area contributed by atoms with Crippen LogP contribution in [0.15, 0.2) is 18.2 Å². The van der Waals surface area contributed by atoms with E-state index in [9.17, 15) is 10.1 Å². The fourth-order valence-corrected chi connectivity index (χ4v) is 1.77. The Morgan fingerprint density at radius 1 is 1.40 bits per heavy atom. The van der Waals surface area contributed by atoms with Crippen molar-refractivity contribution in [1.29, 1.82) is 0 Å². The van der Waals surface area contributed by atoms with Crippen LogP contribution >= 0.6 is 0 Å². The number of rotatable bonds is 6. The van der Waals surface area contributed by atoms with Crippen molar-refractivity contribution in [3.63, 3.8) is 0 Å². The molecule has 1 aromatic carbocycles. The second-order valence-corrected chi connectivity index (χ2v) is 6.11. The van der Waals surface area contributed by atoms with Gasteiger partial charge in [0.25, 0.3) is 5.69 Å². The van der Waals surface area contributed by atoms with Gasteiger partial charge in [-0.3, -0.25) is 10.1 Å². The molecule has 0 saturated carbocycles. The summed E-state index contributed by atoms with van der Waals surface area (Å²) in [5.74, 6) is 0. The zero-order valence-corrected chi connectivity index (χ0v) is 13.2. The van der Waals surface area contributed by atoms with Crippen LogP contribution in [0.5, 0.6) is 0 Å². The number of nitrogens with zero attached hydrogens (tertiary/aromatic N) is 2. The van der Waals surface area contributed by atoms with Crippen molar-refractivity contribution in [2.75, 3.05) is 20.6 Å². The predicted octanol–water partition coefficient (Wildman–Crippen LogP) is 2.89. The molecule has 0 spiro atoms. The summed E-state index contributed by atoms with van der Waals surface area (Å²) < 4.78 is 0. The Balaban J connectivity index is 2.81. The van der Waals surface area contributed by atoms with Crippen molar-refractivity contribution in [3.8, 4) is 0 Å². The molecule has 1 atom stereocenters. The lowest BCUT2D eigenvalue weighted by Crippen LogP contribution is -2.47. The number of hydrogen-bond donors (Lipinski definition) is 1. The Morgan fingerprint density at radius 2 is 2.00 bits per heavy atom. The lowest BCUT2D eigenvalue weighted by Gasteiger charge is -2.34. The molecule has 0 bridgehead atoms. The van der Waals surface area contributed by atoms with Crippen LogP contribution in [-0.2, 0) is 0 Å². The third-order valence-corrected chi connectivity index (χ3v) is 3.98. The molecule has 0 aliphatic heterocycles. The van der Waals surface area contributed by atoms with E-state index in [0.29, 0.717) is 5.56 Å². The van der Waals surface area contributed by atoms with Gasteiger partial charge in [-0.15, -0.1) is 0 Å². The molecule has 1 N–H and O–H groups in total. The van der Waals surface area contributed by atoms with Gasteiger partial charge in [-0.05, 0) is 47.4 Å². The van der Waals surface area contributed by atoms with E-state index in [1.807, 2.05) is 33.2 Å². The number of nitrogens with one attached hydrogen (secondary N) is 1. The number of likely N-dealkylation sites (N-methyl/N-ethyl adjacent to an activating group) is 1. The Hall–Kier alpha value is -1.46. The molecule has 0 saturated heterocycles. The van der Waals surface area contributed by atoms with Gasteiger partial charge in [0.15, 0.2) is 0 Å². The Kier molecular flexibility index (Phi) is 5.25. The van der Waals surface area contributed by atoms with Crippen molar-refractivity contribution in [2.24, 2.45) is 0 Å². The van der Waals surface area contributed by atoms with Crippen LogP contribution in [0.2, 0.25) is 0 Å². The van der Waals surface area contributed by atoms with E-state index in [0.717, 1.165) is 12.1 Å². The molecule has 0 aliphatic carbocycles. The molecule has 1 aromatic rings. The third-order valence-electron chi connectivity index (χ3n) is 3.98. The van der Waals surface area contributed by atoms with Gasteiger partial charge in [0.05, 0.1) is 4.92 Å². The average Bonchev–Trinajstić information content (AvgIpc) is 2.36. The monoisotopic (exact) mass is 279 g/mol. The first-order valence-electron chi connectivity index (χ1n) is 6.81. The maximum absolute atomic E-state index is 11.0. The van der Waals surface area contributed by atoms with Crippen molar-refractivity contribution >= 4 is 5.69 Å². The Labute approximate surface area is 121 Å². The van der Waals surface area contributed by atoms with Gasteiger partial charge in [-0.2, -0.15) is 0 Å². The van der Waals surface area contributed by atoms with Gasteiger partial charge in [-0.1, -0.05) is 12.1 Å². The third kappa shape index (κ3) is 4.02. The van der Waals surface area contributed by atoms with Crippen molar-refractivity contribution < 1.29 is 4.92 Å². The second kappa shape index (κ2) is 6.33. The summed E-state index contributed by atoms with van der Waals surface area (Å²) in [5.41, 5.74) is 1.85. The quantitative estimate of drug-likeness (QED) is 0.642. The largest absolute Gasteiger partial charge is 0.308 e. The van der Waals surface area contributed by atoms with Crippen molar-refractivity contribution in [2.45, 2.75) is 39.3 Å². The first-order valence-corrected chi connectivity index (χ1v) is 6.81. The van der Waals surface area contributed by atoms with Crippen LogP contribution in [0.3, 0.4) is 0 Å². The van der Waals surface area contributed by atoms with Gasteiger partial charge >= 0.3 is 0 Å². The first kappa shape index (κ1) is 16.6. The molecule has 1 rings (SSSR count). The maximum atomic E-state index is 11.0. The molecule has 0 aromatic heterocycles. The normalized spacial score (nSPS) is 13.6. The highest BCUT2D eigenvalue weighted by Gasteiger charge is 2.21. The summed E-state index contributed by atoms with van der Waals surface area (Å²) in [6, 6.07) is 5.50. The van der Waals surface area contributed by atoms with Crippen LogP contribution < -0.4 is 5.32 Å². The number of nitro groups is 1. The highest BCUT2D eigenvalue weighted by atomic mass is 16.6. The SMILES string of the molecule is Cc1ccc(C(C)NCC(C)(C)N(C)C)cc1[N+](=O)[O-]. The minimum Gasteiger partial charge on any atom is -0.308 e. The molecule has 0 heterocycles. The van der Waals surface area contributed by atoms with E-state index in [4.69, 9.17) is 0 Å². The average molecular weight is 279 g/mol. The fraction of sp³-hybridized carbons (Fsp3) is 0.600. The topological polar surface area (TPSA) is 58.4 Å². The summed E-state index contributed by atoms with van der Waals surface area (Å²) in [6.07, 6.45) is 0. The van der Waals surface area contributed by atoms with Gasteiger partial charge in [0.1, 0.15) is 0 Å². The highest BCUT2D eigenvalue weighted by molar-refractivity contribution is 5.43. The first-order chi connectivity index (χ1) is 9.15. The van der Waals surface area contributed by atoms with E-state index in [2.05, 4.69) is 24.1 Å². The van der Waals surface area contributed by atoms with Gasteiger partial charge in [-0.25, -0.2) is 0 Å². The van der Waals surface area contributed by atoms with E-state index in [-0.39, 0.29) is 22.2 Å². The summed E-state index contributed by atoms with van der Waals surface area (Å²) >= 11 is 0. The van der Waals surface area contributed by atoms with Crippen molar-refractivity contribution in [3.05, 3.63) is 39.4 Å². The second-order valence-electron chi connectivity index (χ2n) is 6.11. The Bertz CT molecular complexity index is 484. The maximum Gasteiger partial charge on any atom is 0.272 e. The molecule has 5 heteroatoms. The van der Waals surface area contributed by atoms with Crippen molar-refractivity contribution in [1.82, 2.24) is 10.2 Å². The van der Waals surface area contributed by atoms with Crippen LogP contribution in [0.25, 0.3) is 0 Å². The lowest BCUT2D eigenvalue weighted by molar-refractivity contribution is -0.385. The number of aryl methyl sites for hydroxylation is 1. The molecular formula is C15H25N3O2. The van der Waals surface area contributed by atoms with Gasteiger partial charge < -0.3 is 10.2 Å². The Morgan fingerprint density at radius 3 is 2.50 bits per heavy atom. The smallest absolute Gasteiger partial charge is 0.272 e. The summed E-state index contributed by atoms with van der Waals surface area (Å²) in [5, 5.41) is 14.4. The lowest BCUT2D eigenvalue weighted by atomic mass is 10.0. The molecular weight excluding hydrogens is 254 g/mol. The van der Waals surface area contributed by atoms with E-state index in [1.165, 1.54) is 0 Å². The zero-order valence-electron chi connectivity index (χ0n) is 13.2. The number of hydrogen-bond acceptors (Lipinski definition) is 4. The van der Waals surface area contributed by atoms with Crippen LogP contribution in [0.4, 0.5) is 5.69 Å². The molecule has 112 valence electrons. The molecule has 1 unspecified atom stereocenters. The fourth-order valence-electron chi connectivity index (χ4n) is 1.77. The minimum absolute atomic E-state index is 0.0326. The summed E-state index contributed by atoms with van der Waals surface area (Å²) in [6.45, 7) is 8.91. The molecule has 0 aliphatic rings. The predicted molar refractivity (Wildman–Crippen MR) is 82.0 cm³/mol. The van der Waals surface area contributed by atoms with E-state index < -0.39 is 0 Å². The zero-order chi connectivity index (χ0) is 15.5. The van der Waals surface area contributed by atoms with Crippen LogP contribution in [0, 0.1) is 17.0 Å². The van der Waals surface area contributed by atoms with Gasteiger partial charge in [0, 0.05) is 29.8 Å². The summed E-state index contributed by atoms with van der Waals surface area (Å²) in [4.78, 5) is 12.8.